The van der Waals surface area contributed by atoms with Crippen molar-refractivity contribution in [3.8, 4) is 0 Å². The van der Waals surface area contributed by atoms with Gasteiger partial charge in [-0.25, -0.2) is 4.68 Å². The van der Waals surface area contributed by atoms with Crippen molar-refractivity contribution in [2.45, 2.75) is 17.3 Å². The van der Waals surface area contributed by atoms with E-state index in [4.69, 9.17) is 11.6 Å². The van der Waals surface area contributed by atoms with Crippen molar-refractivity contribution in [3.63, 3.8) is 0 Å². The molecule has 0 saturated heterocycles. The Hall–Kier alpha value is -1.40. The normalized spacial score (nSPS) is 12.4. The Morgan fingerprint density at radius 1 is 1.39 bits per heavy atom. The molecular formula is C11H11ClN4OS. The van der Waals surface area contributed by atoms with Crippen molar-refractivity contribution >= 4 is 29.1 Å². The van der Waals surface area contributed by atoms with E-state index in [0.29, 0.717) is 15.7 Å². The molecule has 2 rings (SSSR count). The van der Waals surface area contributed by atoms with Gasteiger partial charge in [-0.05, 0) is 41.6 Å². The number of carbonyl (C=O) groups excluding carboxylic acids is 1. The van der Waals surface area contributed by atoms with Crippen LogP contribution in [0.4, 0.5) is 0 Å². The summed E-state index contributed by atoms with van der Waals surface area (Å²) in [6.07, 6.45) is 0. The van der Waals surface area contributed by atoms with Crippen LogP contribution < -0.4 is 0 Å². The third-order valence-electron chi connectivity index (χ3n) is 2.36. The molecule has 1 aromatic carbocycles. The number of aromatic nitrogens is 4. The largest absolute Gasteiger partial charge is 0.293 e. The minimum atomic E-state index is -0.254. The fraction of sp³-hybridized carbons (Fsp3) is 0.273. The highest BCUT2D eigenvalue weighted by Gasteiger charge is 2.18. The third kappa shape index (κ3) is 2.88. The molecule has 0 aliphatic rings. The minimum Gasteiger partial charge on any atom is -0.293 e. The van der Waals surface area contributed by atoms with E-state index in [0.717, 1.165) is 0 Å². The van der Waals surface area contributed by atoms with Crippen molar-refractivity contribution in [2.24, 2.45) is 7.05 Å². The van der Waals surface area contributed by atoms with Crippen LogP contribution in [0.15, 0.2) is 29.4 Å². The number of rotatable bonds is 4. The van der Waals surface area contributed by atoms with E-state index in [1.165, 1.54) is 16.4 Å². The Morgan fingerprint density at radius 2 is 2.06 bits per heavy atom. The van der Waals surface area contributed by atoms with Crippen LogP contribution in [0.5, 0.6) is 0 Å². The number of hydrogen-bond acceptors (Lipinski definition) is 5. The Labute approximate surface area is 114 Å². The summed E-state index contributed by atoms with van der Waals surface area (Å²) in [5.41, 5.74) is 0.634. The van der Waals surface area contributed by atoms with Gasteiger partial charge < -0.3 is 0 Å². The summed E-state index contributed by atoms with van der Waals surface area (Å²) in [7, 11) is 1.74. The number of benzene rings is 1. The predicted octanol–water partition coefficient (Wildman–Crippen LogP) is 2.23. The average molecular weight is 283 g/mol. The third-order valence-corrected chi connectivity index (χ3v) is 3.74. The molecule has 7 heteroatoms. The van der Waals surface area contributed by atoms with E-state index in [2.05, 4.69) is 15.5 Å². The van der Waals surface area contributed by atoms with Gasteiger partial charge in [-0.3, -0.25) is 4.79 Å². The molecule has 0 amide bonds. The summed E-state index contributed by atoms with van der Waals surface area (Å²) in [4.78, 5) is 12.2. The number of carbonyl (C=O) groups is 1. The summed E-state index contributed by atoms with van der Waals surface area (Å²) >= 11 is 7.11. The molecule has 0 bridgehead atoms. The lowest BCUT2D eigenvalue weighted by atomic mass is 10.1. The average Bonchev–Trinajstić information content (AvgIpc) is 2.75. The van der Waals surface area contributed by atoms with Gasteiger partial charge in [0, 0.05) is 17.6 Å². The van der Waals surface area contributed by atoms with Gasteiger partial charge in [0.15, 0.2) is 5.78 Å². The van der Waals surface area contributed by atoms with E-state index in [1.54, 1.807) is 31.3 Å². The van der Waals surface area contributed by atoms with E-state index in [9.17, 15) is 4.79 Å². The first kappa shape index (κ1) is 13.0. The number of nitrogens with zero attached hydrogens (tertiary/aromatic N) is 4. The first-order chi connectivity index (χ1) is 8.58. The molecule has 0 saturated carbocycles. The number of tetrazole rings is 1. The smallest absolute Gasteiger partial charge is 0.209 e. The molecule has 94 valence electrons. The van der Waals surface area contributed by atoms with Gasteiger partial charge in [-0.1, -0.05) is 23.4 Å². The first-order valence-electron chi connectivity index (χ1n) is 5.26. The predicted molar refractivity (Wildman–Crippen MR) is 69.9 cm³/mol. The van der Waals surface area contributed by atoms with Gasteiger partial charge in [0.05, 0.1) is 5.25 Å². The topological polar surface area (TPSA) is 60.7 Å². The zero-order valence-electron chi connectivity index (χ0n) is 9.87. The fourth-order valence-corrected chi connectivity index (χ4v) is 2.34. The molecule has 0 aliphatic heterocycles. The van der Waals surface area contributed by atoms with E-state index < -0.39 is 0 Å². The maximum absolute atomic E-state index is 12.2. The van der Waals surface area contributed by atoms with Crippen molar-refractivity contribution in [1.29, 1.82) is 0 Å². The number of hydrogen-bond donors (Lipinski definition) is 0. The lowest BCUT2D eigenvalue weighted by Crippen LogP contribution is -2.14. The number of halogens is 1. The molecule has 0 N–H and O–H groups in total. The molecule has 18 heavy (non-hydrogen) atoms. The van der Waals surface area contributed by atoms with E-state index in [1.807, 2.05) is 6.92 Å². The molecule has 5 nitrogen and oxygen atoms in total. The molecule has 2 aromatic rings. The Kier molecular flexibility index (Phi) is 3.98. The highest BCUT2D eigenvalue weighted by Crippen LogP contribution is 2.23. The minimum absolute atomic E-state index is 0.0275. The number of ketones is 1. The lowest BCUT2D eigenvalue weighted by Gasteiger charge is -2.08. The maximum atomic E-state index is 12.2. The van der Waals surface area contributed by atoms with Crippen molar-refractivity contribution in [2.75, 3.05) is 0 Å². The standard InChI is InChI=1S/C11H11ClN4OS/c1-7(18-11-13-14-15-16(11)2)10(17)8-3-5-9(12)6-4-8/h3-7H,1-2H3. The highest BCUT2D eigenvalue weighted by atomic mass is 35.5. The quantitative estimate of drug-likeness (QED) is 0.636. The molecule has 0 radical (unpaired) electrons. The van der Waals surface area contributed by atoms with E-state index in [-0.39, 0.29) is 11.0 Å². The van der Waals surface area contributed by atoms with Gasteiger partial charge in [0.25, 0.3) is 0 Å². The molecule has 0 spiro atoms. The summed E-state index contributed by atoms with van der Waals surface area (Å²) in [5.74, 6) is 0.0275. The summed E-state index contributed by atoms with van der Waals surface area (Å²) in [6.45, 7) is 1.83. The molecule has 1 heterocycles. The Bertz CT molecular complexity index is 554. The van der Waals surface area contributed by atoms with Crippen molar-refractivity contribution in [3.05, 3.63) is 34.9 Å². The van der Waals surface area contributed by atoms with Crippen LogP contribution in [0, 0.1) is 0 Å². The molecule has 0 fully saturated rings. The molecular weight excluding hydrogens is 272 g/mol. The Balaban J connectivity index is 2.09. The second-order valence-corrected chi connectivity index (χ2v) is 5.46. The van der Waals surface area contributed by atoms with Crippen LogP contribution in [0.25, 0.3) is 0 Å². The number of aryl methyl sites for hydroxylation is 1. The Morgan fingerprint density at radius 3 is 2.61 bits per heavy atom. The van der Waals surface area contributed by atoms with Gasteiger partial charge in [-0.2, -0.15) is 0 Å². The van der Waals surface area contributed by atoms with Crippen LogP contribution in [0.3, 0.4) is 0 Å². The number of Topliss-reactive ketones (excluding diaryl/α,β-unsaturated/α-hetero) is 1. The molecule has 0 aliphatic carbocycles. The van der Waals surface area contributed by atoms with Gasteiger partial charge in [0.1, 0.15) is 0 Å². The second-order valence-electron chi connectivity index (χ2n) is 3.72. The molecule has 1 aromatic heterocycles. The second kappa shape index (κ2) is 5.49. The monoisotopic (exact) mass is 282 g/mol. The summed E-state index contributed by atoms with van der Waals surface area (Å²) in [6, 6.07) is 6.85. The lowest BCUT2D eigenvalue weighted by molar-refractivity contribution is 0.0994. The number of thioether (sulfide) groups is 1. The highest BCUT2D eigenvalue weighted by molar-refractivity contribution is 8.00. The van der Waals surface area contributed by atoms with Gasteiger partial charge >= 0.3 is 0 Å². The summed E-state index contributed by atoms with van der Waals surface area (Å²) < 4.78 is 1.54. The van der Waals surface area contributed by atoms with Crippen LogP contribution in [-0.2, 0) is 7.05 Å². The fourth-order valence-electron chi connectivity index (χ4n) is 1.38. The van der Waals surface area contributed by atoms with Crippen molar-refractivity contribution < 1.29 is 4.79 Å². The maximum Gasteiger partial charge on any atom is 0.209 e. The zero-order chi connectivity index (χ0) is 13.1. The van der Waals surface area contributed by atoms with Crippen molar-refractivity contribution in [1.82, 2.24) is 20.2 Å². The van der Waals surface area contributed by atoms with E-state index >= 15 is 0 Å². The first-order valence-corrected chi connectivity index (χ1v) is 6.52. The van der Waals surface area contributed by atoms with Gasteiger partial charge in [-0.15, -0.1) is 5.10 Å². The molecule has 1 atom stereocenters. The van der Waals surface area contributed by atoms with Crippen LogP contribution >= 0.6 is 23.4 Å². The molecule has 1 unspecified atom stereocenters. The summed E-state index contributed by atoms with van der Waals surface area (Å²) in [5, 5.41) is 12.1. The zero-order valence-corrected chi connectivity index (χ0v) is 11.4. The van der Waals surface area contributed by atoms with Crippen LogP contribution in [0.1, 0.15) is 17.3 Å². The SMILES string of the molecule is CC(Sc1nnnn1C)C(=O)c1ccc(Cl)cc1. The van der Waals surface area contributed by atoms with Gasteiger partial charge in [0.2, 0.25) is 5.16 Å². The van der Waals surface area contributed by atoms with Crippen LogP contribution in [-0.4, -0.2) is 31.2 Å². The van der Waals surface area contributed by atoms with Crippen LogP contribution in [0.2, 0.25) is 5.02 Å².